The van der Waals surface area contributed by atoms with Gasteiger partial charge in [0.05, 0.1) is 18.0 Å². The van der Waals surface area contributed by atoms with E-state index in [2.05, 4.69) is 19.2 Å². The van der Waals surface area contributed by atoms with E-state index in [1.54, 1.807) is 18.2 Å². The van der Waals surface area contributed by atoms with Gasteiger partial charge in [0.2, 0.25) is 10.0 Å². The zero-order chi connectivity index (χ0) is 23.8. The summed E-state index contributed by atoms with van der Waals surface area (Å²) in [6.45, 7) is 4.29. The molecule has 0 spiro atoms. The highest BCUT2D eigenvalue weighted by Gasteiger charge is 2.40. The van der Waals surface area contributed by atoms with Gasteiger partial charge in [-0.2, -0.15) is 0 Å². The fourth-order valence-electron chi connectivity index (χ4n) is 4.58. The predicted octanol–water partition coefficient (Wildman–Crippen LogP) is 4.46. The molecule has 2 aliphatic rings. The van der Waals surface area contributed by atoms with Crippen LogP contribution in [0, 0.1) is 0 Å². The van der Waals surface area contributed by atoms with Crippen molar-refractivity contribution in [1.82, 2.24) is 5.32 Å². The molecule has 33 heavy (non-hydrogen) atoms. The third-order valence-corrected chi connectivity index (χ3v) is 7.96. The van der Waals surface area contributed by atoms with Crippen LogP contribution in [0.2, 0.25) is 5.02 Å². The number of rotatable bonds is 5. The number of anilines is 1. The van der Waals surface area contributed by atoms with Gasteiger partial charge in [-0.3, -0.25) is 9.10 Å². The van der Waals surface area contributed by atoms with E-state index in [0.717, 1.165) is 30.4 Å². The van der Waals surface area contributed by atoms with E-state index < -0.39 is 16.1 Å². The Morgan fingerprint density at radius 3 is 2.61 bits per heavy atom. The third-order valence-electron chi connectivity index (χ3n) is 6.55. The summed E-state index contributed by atoms with van der Waals surface area (Å²) in [5.74, 6) is 0.808. The summed E-state index contributed by atoms with van der Waals surface area (Å²) < 4.78 is 38.4. The number of halogens is 1. The topological polar surface area (TPSA) is 84.9 Å². The highest BCUT2D eigenvalue weighted by Crippen LogP contribution is 2.43. The molecule has 178 valence electrons. The molecule has 0 radical (unpaired) electrons. The normalized spacial score (nSPS) is 21.6. The number of carbonyl (C=O) groups excluding carboxylic acids is 1. The van der Waals surface area contributed by atoms with Crippen molar-refractivity contribution >= 4 is 33.2 Å². The zero-order valence-corrected chi connectivity index (χ0v) is 20.6. The van der Waals surface area contributed by atoms with Gasteiger partial charge in [-0.05, 0) is 37.1 Å². The second kappa shape index (κ2) is 9.06. The molecule has 2 aromatic rings. The Morgan fingerprint density at radius 1 is 1.18 bits per heavy atom. The molecule has 2 atom stereocenters. The van der Waals surface area contributed by atoms with Crippen molar-refractivity contribution < 1.29 is 22.7 Å². The molecule has 4 rings (SSSR count). The lowest BCUT2D eigenvalue weighted by atomic mass is 9.83. The third kappa shape index (κ3) is 4.77. The molecule has 1 N–H and O–H groups in total. The summed E-state index contributed by atoms with van der Waals surface area (Å²) in [4.78, 5) is 13.4. The first kappa shape index (κ1) is 23.7. The van der Waals surface area contributed by atoms with Crippen LogP contribution in [0.25, 0.3) is 0 Å². The van der Waals surface area contributed by atoms with E-state index >= 15 is 0 Å². The van der Waals surface area contributed by atoms with Crippen LogP contribution in [0.5, 0.6) is 11.5 Å². The highest BCUT2D eigenvalue weighted by molar-refractivity contribution is 7.92. The fraction of sp³-hybridized carbons (Fsp3) is 0.458. The Balaban J connectivity index is 1.61. The molecule has 0 saturated carbocycles. The Bertz CT molecular complexity index is 1150. The van der Waals surface area contributed by atoms with Crippen molar-refractivity contribution in [3.05, 3.63) is 53.1 Å². The molecule has 2 aliphatic heterocycles. The van der Waals surface area contributed by atoms with Gasteiger partial charge < -0.3 is 14.8 Å². The number of hydrogen-bond donors (Lipinski definition) is 1. The minimum Gasteiger partial charge on any atom is -0.487 e. The van der Waals surface area contributed by atoms with Gasteiger partial charge in [-0.25, -0.2) is 8.42 Å². The number of benzene rings is 2. The number of nitrogens with zero attached hydrogens (tertiary/aromatic N) is 1. The number of amides is 1. The van der Waals surface area contributed by atoms with Gasteiger partial charge in [0, 0.05) is 30.0 Å². The van der Waals surface area contributed by atoms with Gasteiger partial charge in [0.15, 0.2) is 6.10 Å². The SMILES string of the molecule is CCC1(CC)C[C@H](NC(=O)[C@H]2CCN(S(C)(=O)=O)c3cc(Cl)ccc3O2)c2ccccc2O1. The monoisotopic (exact) mass is 492 g/mol. The maximum Gasteiger partial charge on any atom is 0.261 e. The van der Waals surface area contributed by atoms with Crippen molar-refractivity contribution in [2.45, 2.75) is 57.3 Å². The average Bonchev–Trinajstić information content (AvgIpc) is 2.98. The van der Waals surface area contributed by atoms with E-state index in [4.69, 9.17) is 21.1 Å². The maximum atomic E-state index is 13.4. The van der Waals surface area contributed by atoms with Crippen LogP contribution in [0.3, 0.4) is 0 Å². The quantitative estimate of drug-likeness (QED) is 0.666. The molecule has 7 nitrogen and oxygen atoms in total. The number of sulfonamides is 1. The second-order valence-corrected chi connectivity index (χ2v) is 11.0. The first-order valence-electron chi connectivity index (χ1n) is 11.2. The Kier molecular flexibility index (Phi) is 6.51. The fourth-order valence-corrected chi connectivity index (χ4v) is 5.68. The lowest BCUT2D eigenvalue weighted by Crippen LogP contribution is -2.47. The van der Waals surface area contributed by atoms with Crippen molar-refractivity contribution in [3.63, 3.8) is 0 Å². The van der Waals surface area contributed by atoms with Gasteiger partial charge in [-0.1, -0.05) is 43.6 Å². The van der Waals surface area contributed by atoms with E-state index in [-0.39, 0.29) is 30.5 Å². The van der Waals surface area contributed by atoms with Gasteiger partial charge in [-0.15, -0.1) is 0 Å². The molecular weight excluding hydrogens is 464 g/mol. The van der Waals surface area contributed by atoms with Crippen molar-refractivity contribution in [2.75, 3.05) is 17.1 Å². The molecule has 0 unspecified atom stereocenters. The second-order valence-electron chi connectivity index (χ2n) is 8.64. The highest BCUT2D eigenvalue weighted by atomic mass is 35.5. The average molecular weight is 493 g/mol. The van der Waals surface area contributed by atoms with E-state index in [9.17, 15) is 13.2 Å². The van der Waals surface area contributed by atoms with E-state index in [1.807, 2.05) is 24.3 Å². The standard InChI is InChI=1S/C24H29ClN2O5S/c1-4-24(5-2)15-18(17-8-6-7-9-20(17)32-24)26-23(28)22-12-13-27(33(3,29)30)19-14-16(25)10-11-21(19)31-22/h6-11,14,18,22H,4-5,12-13,15H2,1-3H3,(H,26,28)/t18-,22+/m0/s1. The number of para-hydroxylation sites is 1. The maximum absolute atomic E-state index is 13.4. The summed E-state index contributed by atoms with van der Waals surface area (Å²) in [5, 5.41) is 3.55. The molecule has 0 saturated heterocycles. The van der Waals surface area contributed by atoms with Gasteiger partial charge >= 0.3 is 0 Å². The predicted molar refractivity (Wildman–Crippen MR) is 129 cm³/mol. The molecule has 0 fully saturated rings. The van der Waals surface area contributed by atoms with Gasteiger partial charge in [0.25, 0.3) is 5.91 Å². The van der Waals surface area contributed by atoms with Crippen LogP contribution in [-0.2, 0) is 14.8 Å². The summed E-state index contributed by atoms with van der Waals surface area (Å²) in [6.07, 6.45) is 2.79. The first-order chi connectivity index (χ1) is 15.7. The largest absolute Gasteiger partial charge is 0.487 e. The number of ether oxygens (including phenoxy) is 2. The molecule has 9 heteroatoms. The number of nitrogens with one attached hydrogen (secondary N) is 1. The minimum atomic E-state index is -3.57. The summed E-state index contributed by atoms with van der Waals surface area (Å²) >= 11 is 6.11. The molecular formula is C24H29ClN2O5S. The first-order valence-corrected chi connectivity index (χ1v) is 13.4. The van der Waals surface area contributed by atoms with Crippen LogP contribution in [0.15, 0.2) is 42.5 Å². The minimum absolute atomic E-state index is 0.114. The Morgan fingerprint density at radius 2 is 1.91 bits per heavy atom. The number of hydrogen-bond acceptors (Lipinski definition) is 5. The summed E-state index contributed by atoms with van der Waals surface area (Å²) in [7, 11) is -3.57. The van der Waals surface area contributed by atoms with Crippen LogP contribution in [-0.4, -0.2) is 38.8 Å². The van der Waals surface area contributed by atoms with Gasteiger partial charge in [0.1, 0.15) is 17.1 Å². The van der Waals surface area contributed by atoms with E-state index in [1.165, 1.54) is 4.31 Å². The Hall–Kier alpha value is -2.45. The van der Waals surface area contributed by atoms with Crippen molar-refractivity contribution in [3.8, 4) is 11.5 Å². The Labute approximate surface area is 200 Å². The lowest BCUT2D eigenvalue weighted by molar-refractivity contribution is -0.129. The molecule has 2 aromatic carbocycles. The van der Waals surface area contributed by atoms with Crippen LogP contribution in [0.1, 0.15) is 51.1 Å². The zero-order valence-electron chi connectivity index (χ0n) is 19.0. The van der Waals surface area contributed by atoms with E-state index in [0.29, 0.717) is 22.9 Å². The van der Waals surface area contributed by atoms with Crippen LogP contribution >= 0.6 is 11.6 Å². The summed E-state index contributed by atoms with van der Waals surface area (Å²) in [6, 6.07) is 12.3. The van der Waals surface area contributed by atoms with Crippen LogP contribution in [0.4, 0.5) is 5.69 Å². The lowest BCUT2D eigenvalue weighted by Gasteiger charge is -2.42. The molecule has 0 aromatic heterocycles. The van der Waals surface area contributed by atoms with Crippen LogP contribution < -0.4 is 19.1 Å². The number of carbonyl (C=O) groups is 1. The summed E-state index contributed by atoms with van der Waals surface area (Å²) in [5.41, 5.74) is 0.919. The molecule has 2 heterocycles. The smallest absolute Gasteiger partial charge is 0.261 e. The molecule has 0 aliphatic carbocycles. The molecule has 0 bridgehead atoms. The van der Waals surface area contributed by atoms with Crippen molar-refractivity contribution in [1.29, 1.82) is 0 Å². The van der Waals surface area contributed by atoms with Crippen molar-refractivity contribution in [2.24, 2.45) is 0 Å². The molecule has 1 amide bonds. The number of fused-ring (bicyclic) bond motifs is 2.